The van der Waals surface area contributed by atoms with E-state index in [9.17, 15) is 4.79 Å². The van der Waals surface area contributed by atoms with Gasteiger partial charge in [-0.25, -0.2) is 0 Å². The number of carboxylic acids is 1. The molecule has 1 fully saturated rings. The molecule has 0 radical (unpaired) electrons. The van der Waals surface area contributed by atoms with Gasteiger partial charge in [0.15, 0.2) is 5.82 Å². The van der Waals surface area contributed by atoms with Crippen LogP contribution in [0, 0.1) is 0 Å². The van der Waals surface area contributed by atoms with Gasteiger partial charge in [0.05, 0.1) is 12.4 Å². The molecule has 0 amide bonds. The van der Waals surface area contributed by atoms with E-state index in [-0.39, 0.29) is 12.6 Å². The van der Waals surface area contributed by atoms with E-state index in [0.29, 0.717) is 11.7 Å². The minimum atomic E-state index is -0.900. The number of ether oxygens (including phenoxy) is 1. The molecule has 0 unspecified atom stereocenters. The van der Waals surface area contributed by atoms with E-state index in [1.807, 2.05) is 0 Å². The second kappa shape index (κ2) is 6.36. The first-order valence-corrected chi connectivity index (χ1v) is 6.57. The van der Waals surface area contributed by atoms with Crippen LogP contribution in [0.4, 0.5) is 5.82 Å². The molecule has 1 aromatic heterocycles. The summed E-state index contributed by atoms with van der Waals surface area (Å²) in [5.41, 5.74) is 0. The molecule has 104 valence electrons. The molecule has 1 aliphatic rings. The molecular weight excluding hydrogens is 246 g/mol. The first-order valence-electron chi connectivity index (χ1n) is 6.57. The van der Waals surface area contributed by atoms with E-state index in [1.165, 1.54) is 30.4 Å². The van der Waals surface area contributed by atoms with Gasteiger partial charge >= 0.3 is 5.97 Å². The molecule has 0 spiro atoms. The van der Waals surface area contributed by atoms with Crippen LogP contribution in [0.25, 0.3) is 0 Å². The molecular formula is C13H19N3O3. The highest BCUT2D eigenvalue weighted by Gasteiger charge is 2.16. The summed E-state index contributed by atoms with van der Waals surface area (Å²) in [6, 6.07) is 0. The number of hydrogen-bond donors (Lipinski definition) is 1. The third kappa shape index (κ3) is 4.08. The second-order valence-electron chi connectivity index (χ2n) is 4.84. The minimum Gasteiger partial charge on any atom is -0.480 e. The Kier molecular flexibility index (Phi) is 4.54. The number of aromatic nitrogens is 2. The van der Waals surface area contributed by atoms with Crippen LogP contribution in [0.2, 0.25) is 0 Å². The van der Waals surface area contributed by atoms with Crippen molar-refractivity contribution < 1.29 is 14.6 Å². The molecule has 0 bridgehead atoms. The van der Waals surface area contributed by atoms with Gasteiger partial charge in [-0.05, 0) is 25.7 Å². The molecule has 0 aliphatic heterocycles. The van der Waals surface area contributed by atoms with Gasteiger partial charge in [-0.1, -0.05) is 6.42 Å². The summed E-state index contributed by atoms with van der Waals surface area (Å²) >= 11 is 0. The lowest BCUT2D eigenvalue weighted by molar-refractivity contribution is -0.135. The van der Waals surface area contributed by atoms with Crippen LogP contribution < -0.4 is 9.64 Å². The third-order valence-corrected chi connectivity index (χ3v) is 3.20. The zero-order chi connectivity index (χ0) is 13.7. The molecule has 1 aromatic rings. The number of rotatable bonds is 5. The van der Waals surface area contributed by atoms with Crippen molar-refractivity contribution >= 4 is 11.8 Å². The summed E-state index contributed by atoms with van der Waals surface area (Å²) in [4.78, 5) is 20.5. The van der Waals surface area contributed by atoms with Gasteiger partial charge < -0.3 is 14.7 Å². The Hall–Kier alpha value is -1.85. The SMILES string of the molecule is CN(CC(=O)O)c1cncc(OC2CCCCC2)n1. The maximum absolute atomic E-state index is 10.7. The molecule has 1 saturated carbocycles. The first kappa shape index (κ1) is 13.6. The van der Waals surface area contributed by atoms with E-state index >= 15 is 0 Å². The fourth-order valence-corrected chi connectivity index (χ4v) is 2.22. The molecule has 0 saturated heterocycles. The highest BCUT2D eigenvalue weighted by atomic mass is 16.5. The predicted molar refractivity (Wildman–Crippen MR) is 70.4 cm³/mol. The number of hydrogen-bond acceptors (Lipinski definition) is 5. The Morgan fingerprint density at radius 2 is 2.16 bits per heavy atom. The first-order chi connectivity index (χ1) is 9.15. The van der Waals surface area contributed by atoms with E-state index in [4.69, 9.17) is 9.84 Å². The predicted octanol–water partition coefficient (Wildman–Crippen LogP) is 1.71. The van der Waals surface area contributed by atoms with Gasteiger partial charge in [0.2, 0.25) is 5.88 Å². The lowest BCUT2D eigenvalue weighted by atomic mass is 9.98. The third-order valence-electron chi connectivity index (χ3n) is 3.20. The van der Waals surface area contributed by atoms with Crippen LogP contribution in [0.5, 0.6) is 5.88 Å². The molecule has 6 nitrogen and oxygen atoms in total. The van der Waals surface area contributed by atoms with Gasteiger partial charge in [0.25, 0.3) is 0 Å². The van der Waals surface area contributed by atoms with Crippen LogP contribution >= 0.6 is 0 Å². The van der Waals surface area contributed by atoms with Crippen LogP contribution in [0.15, 0.2) is 12.4 Å². The minimum absolute atomic E-state index is 0.110. The van der Waals surface area contributed by atoms with E-state index in [2.05, 4.69) is 9.97 Å². The maximum Gasteiger partial charge on any atom is 0.323 e. The Balaban J connectivity index is 1.99. The second-order valence-corrected chi connectivity index (χ2v) is 4.84. The van der Waals surface area contributed by atoms with Crippen molar-refractivity contribution in [2.24, 2.45) is 0 Å². The number of carboxylic acid groups (broad SMARTS) is 1. The normalized spacial score (nSPS) is 16.1. The molecule has 6 heteroatoms. The number of aliphatic carboxylic acids is 1. The van der Waals surface area contributed by atoms with Crippen molar-refractivity contribution in [3.63, 3.8) is 0 Å². The number of carbonyl (C=O) groups is 1. The van der Waals surface area contributed by atoms with Gasteiger partial charge in [0.1, 0.15) is 12.6 Å². The van der Waals surface area contributed by atoms with E-state index in [1.54, 1.807) is 13.2 Å². The van der Waals surface area contributed by atoms with Crippen LogP contribution in [-0.4, -0.2) is 40.7 Å². The van der Waals surface area contributed by atoms with Crippen LogP contribution in [-0.2, 0) is 4.79 Å². The van der Waals surface area contributed by atoms with Gasteiger partial charge in [-0.15, -0.1) is 0 Å². The van der Waals surface area contributed by atoms with Gasteiger partial charge in [-0.2, -0.15) is 4.98 Å². The van der Waals surface area contributed by atoms with Crippen LogP contribution in [0.1, 0.15) is 32.1 Å². The smallest absolute Gasteiger partial charge is 0.323 e. The van der Waals surface area contributed by atoms with Crippen molar-refractivity contribution in [2.75, 3.05) is 18.5 Å². The Labute approximate surface area is 112 Å². The lowest BCUT2D eigenvalue weighted by Crippen LogP contribution is -2.26. The van der Waals surface area contributed by atoms with Gasteiger partial charge in [-0.3, -0.25) is 9.78 Å². The average Bonchev–Trinajstić information content (AvgIpc) is 2.39. The van der Waals surface area contributed by atoms with Crippen molar-refractivity contribution in [1.29, 1.82) is 0 Å². The Morgan fingerprint density at radius 1 is 1.42 bits per heavy atom. The van der Waals surface area contributed by atoms with Crippen molar-refractivity contribution in [3.05, 3.63) is 12.4 Å². The summed E-state index contributed by atoms with van der Waals surface area (Å²) in [6.45, 7) is -0.110. The molecule has 1 heterocycles. The molecule has 1 N–H and O–H groups in total. The molecule has 0 atom stereocenters. The monoisotopic (exact) mass is 265 g/mol. The average molecular weight is 265 g/mol. The zero-order valence-electron chi connectivity index (χ0n) is 11.1. The molecule has 19 heavy (non-hydrogen) atoms. The summed E-state index contributed by atoms with van der Waals surface area (Å²) in [5, 5.41) is 8.75. The molecule has 0 aromatic carbocycles. The fraction of sp³-hybridized carbons (Fsp3) is 0.615. The van der Waals surface area contributed by atoms with E-state index < -0.39 is 5.97 Å². The highest BCUT2D eigenvalue weighted by molar-refractivity contribution is 5.72. The van der Waals surface area contributed by atoms with Crippen LogP contribution in [0.3, 0.4) is 0 Å². The largest absolute Gasteiger partial charge is 0.480 e. The summed E-state index contributed by atoms with van der Waals surface area (Å²) < 4.78 is 5.80. The quantitative estimate of drug-likeness (QED) is 0.873. The van der Waals surface area contributed by atoms with Gasteiger partial charge in [0, 0.05) is 7.05 Å². The Bertz CT molecular complexity index is 433. The fourth-order valence-electron chi connectivity index (χ4n) is 2.22. The topological polar surface area (TPSA) is 75.6 Å². The summed E-state index contributed by atoms with van der Waals surface area (Å²) in [6.07, 6.45) is 9.08. The maximum atomic E-state index is 10.7. The highest BCUT2D eigenvalue weighted by Crippen LogP contribution is 2.22. The summed E-state index contributed by atoms with van der Waals surface area (Å²) in [5.74, 6) is 0.0836. The number of nitrogens with zero attached hydrogens (tertiary/aromatic N) is 3. The summed E-state index contributed by atoms with van der Waals surface area (Å²) in [7, 11) is 1.67. The van der Waals surface area contributed by atoms with Crippen molar-refractivity contribution in [1.82, 2.24) is 9.97 Å². The van der Waals surface area contributed by atoms with E-state index in [0.717, 1.165) is 12.8 Å². The van der Waals surface area contributed by atoms with Crippen molar-refractivity contribution in [2.45, 2.75) is 38.2 Å². The number of anilines is 1. The lowest BCUT2D eigenvalue weighted by Gasteiger charge is -2.23. The number of likely N-dealkylation sites (N-methyl/N-ethyl adjacent to an activating group) is 1. The standard InChI is InChI=1S/C13H19N3O3/c1-16(9-13(17)18)11-7-14-8-12(15-11)19-10-5-3-2-4-6-10/h7-8,10H,2-6,9H2,1H3,(H,17,18). The zero-order valence-corrected chi connectivity index (χ0v) is 11.1. The molecule has 1 aliphatic carbocycles. The Morgan fingerprint density at radius 3 is 2.84 bits per heavy atom. The molecule has 2 rings (SSSR count). The van der Waals surface area contributed by atoms with Crippen molar-refractivity contribution in [3.8, 4) is 5.88 Å².